The maximum Gasteiger partial charge on any atom is 0.416 e. The van der Waals surface area contributed by atoms with Crippen molar-refractivity contribution >= 4 is 0 Å². The van der Waals surface area contributed by atoms with Crippen LogP contribution in [0, 0.1) is 0 Å². The Balaban J connectivity index is 2.01. The molecule has 0 amide bonds. The third kappa shape index (κ3) is 4.80. The van der Waals surface area contributed by atoms with Crippen LogP contribution in [0.5, 0.6) is 0 Å². The van der Waals surface area contributed by atoms with Crippen LogP contribution in [-0.2, 0) is 12.8 Å². The number of rotatable bonds is 6. The maximum absolute atomic E-state index is 12.7. The molecule has 0 heterocycles. The van der Waals surface area contributed by atoms with Gasteiger partial charge in [0, 0.05) is 12.6 Å². The molecule has 0 spiro atoms. The monoisotopic (exact) mass is 339 g/mol. The van der Waals surface area contributed by atoms with Crippen LogP contribution in [0.1, 0.15) is 41.3 Å². The highest BCUT2D eigenvalue weighted by Crippen LogP contribution is 2.30. The average molecular weight is 339 g/mol. The Kier molecular flexibility index (Phi) is 5.99. The fourth-order valence-electron chi connectivity index (χ4n) is 2.41. The molecule has 2 aromatic rings. The van der Waals surface area contributed by atoms with E-state index in [4.69, 9.17) is 5.11 Å². The number of hydrogen-bond acceptors (Lipinski definition) is 3. The molecule has 0 aliphatic rings. The maximum atomic E-state index is 12.7. The molecule has 0 fully saturated rings. The van der Waals surface area contributed by atoms with E-state index in [1.54, 1.807) is 6.07 Å². The molecule has 0 aromatic heterocycles. The molecule has 2 unspecified atom stereocenters. The topological polar surface area (TPSA) is 52.5 Å². The fourth-order valence-corrected chi connectivity index (χ4v) is 2.41. The van der Waals surface area contributed by atoms with Crippen molar-refractivity contribution < 1.29 is 23.4 Å². The number of nitrogens with one attached hydrogen (secondary N) is 1. The van der Waals surface area contributed by atoms with Crippen molar-refractivity contribution in [2.24, 2.45) is 0 Å². The van der Waals surface area contributed by atoms with Crippen LogP contribution in [-0.4, -0.2) is 16.8 Å². The Labute approximate surface area is 138 Å². The zero-order valence-electron chi connectivity index (χ0n) is 13.2. The van der Waals surface area contributed by atoms with Crippen molar-refractivity contribution in [1.29, 1.82) is 0 Å². The van der Waals surface area contributed by atoms with Crippen LogP contribution in [0.15, 0.2) is 48.5 Å². The summed E-state index contributed by atoms with van der Waals surface area (Å²) in [6.07, 6.45) is -5.47. The van der Waals surface area contributed by atoms with Crippen molar-refractivity contribution in [1.82, 2.24) is 5.32 Å². The molecule has 130 valence electrons. The summed E-state index contributed by atoms with van der Waals surface area (Å²) in [5.74, 6) is 0. The largest absolute Gasteiger partial charge is 0.416 e. The Hall–Kier alpha value is -1.89. The first-order chi connectivity index (χ1) is 11.3. The Morgan fingerprint density at radius 1 is 1.04 bits per heavy atom. The molecule has 2 rings (SSSR count). The highest BCUT2D eigenvalue weighted by molar-refractivity contribution is 5.28. The van der Waals surface area contributed by atoms with Crippen molar-refractivity contribution in [3.63, 3.8) is 0 Å². The summed E-state index contributed by atoms with van der Waals surface area (Å²) >= 11 is 0. The van der Waals surface area contributed by atoms with Gasteiger partial charge in [-0.1, -0.05) is 36.4 Å². The van der Waals surface area contributed by atoms with E-state index < -0.39 is 17.8 Å². The lowest BCUT2D eigenvalue weighted by Crippen LogP contribution is -2.25. The van der Waals surface area contributed by atoms with Crippen LogP contribution in [0.25, 0.3) is 0 Å². The second kappa shape index (κ2) is 7.79. The van der Waals surface area contributed by atoms with Gasteiger partial charge >= 0.3 is 6.18 Å². The molecule has 6 heteroatoms. The average Bonchev–Trinajstić information content (AvgIpc) is 2.58. The lowest BCUT2D eigenvalue weighted by molar-refractivity contribution is -0.137. The third-order valence-electron chi connectivity index (χ3n) is 3.85. The number of aliphatic hydroxyl groups excluding tert-OH is 2. The summed E-state index contributed by atoms with van der Waals surface area (Å²) < 4.78 is 38.2. The lowest BCUT2D eigenvalue weighted by atomic mass is 10.0. The normalized spacial score (nSPS) is 14.4. The van der Waals surface area contributed by atoms with E-state index in [1.165, 1.54) is 12.1 Å². The lowest BCUT2D eigenvalue weighted by Gasteiger charge is -2.19. The van der Waals surface area contributed by atoms with Gasteiger partial charge in [-0.25, -0.2) is 0 Å². The van der Waals surface area contributed by atoms with E-state index in [0.29, 0.717) is 0 Å². The molecular formula is C18H20F3NO2. The molecule has 24 heavy (non-hydrogen) atoms. The molecule has 3 N–H and O–H groups in total. The zero-order valence-corrected chi connectivity index (χ0v) is 13.2. The molecule has 2 aromatic carbocycles. The van der Waals surface area contributed by atoms with E-state index in [-0.39, 0.29) is 24.8 Å². The van der Waals surface area contributed by atoms with Crippen LogP contribution < -0.4 is 5.32 Å². The van der Waals surface area contributed by atoms with Crippen LogP contribution >= 0.6 is 0 Å². The first-order valence-electron chi connectivity index (χ1n) is 7.59. The van der Waals surface area contributed by atoms with Gasteiger partial charge in [0.2, 0.25) is 0 Å². The summed E-state index contributed by atoms with van der Waals surface area (Å²) in [6, 6.07) is 11.9. The van der Waals surface area contributed by atoms with Gasteiger partial charge < -0.3 is 15.5 Å². The van der Waals surface area contributed by atoms with E-state index in [0.717, 1.165) is 23.3 Å². The van der Waals surface area contributed by atoms with Gasteiger partial charge in [-0.3, -0.25) is 0 Å². The minimum atomic E-state index is -4.43. The highest BCUT2D eigenvalue weighted by Gasteiger charge is 2.30. The minimum Gasteiger partial charge on any atom is -0.392 e. The van der Waals surface area contributed by atoms with Gasteiger partial charge in [-0.15, -0.1) is 0 Å². The van der Waals surface area contributed by atoms with Crippen molar-refractivity contribution in [2.75, 3.05) is 6.54 Å². The van der Waals surface area contributed by atoms with Crippen LogP contribution in [0.3, 0.4) is 0 Å². The first-order valence-corrected chi connectivity index (χ1v) is 7.59. The highest BCUT2D eigenvalue weighted by atomic mass is 19.4. The standard InChI is InChI=1S/C18H20F3NO2/c1-12(14-5-2-4-13(8-14)11-23)22-10-17(24)15-6-3-7-16(9-15)18(19,20)21/h2-9,12,17,22-24H,10-11H2,1H3. The number of aliphatic hydroxyl groups is 2. The number of halogens is 3. The summed E-state index contributed by atoms with van der Waals surface area (Å²) in [7, 11) is 0. The first kappa shape index (κ1) is 18.4. The third-order valence-corrected chi connectivity index (χ3v) is 3.85. The van der Waals surface area contributed by atoms with E-state index >= 15 is 0 Å². The number of alkyl halides is 3. The Morgan fingerprint density at radius 2 is 1.71 bits per heavy atom. The SMILES string of the molecule is CC(NCC(O)c1cccc(C(F)(F)F)c1)c1cccc(CO)c1. The molecule has 2 atom stereocenters. The molecule has 0 saturated carbocycles. The molecule has 0 saturated heterocycles. The second-order valence-electron chi connectivity index (χ2n) is 5.67. The minimum absolute atomic E-state index is 0.0621. The zero-order chi connectivity index (χ0) is 17.7. The summed E-state index contributed by atoms with van der Waals surface area (Å²) in [6.45, 7) is 1.94. The van der Waals surface area contributed by atoms with E-state index in [9.17, 15) is 18.3 Å². The fraction of sp³-hybridized carbons (Fsp3) is 0.333. The smallest absolute Gasteiger partial charge is 0.392 e. The van der Waals surface area contributed by atoms with Crippen molar-refractivity contribution in [2.45, 2.75) is 31.9 Å². The van der Waals surface area contributed by atoms with Crippen LogP contribution in [0.4, 0.5) is 13.2 Å². The predicted molar refractivity (Wildman–Crippen MR) is 85.2 cm³/mol. The number of hydrogen-bond donors (Lipinski definition) is 3. The van der Waals surface area contributed by atoms with Gasteiger partial charge in [0.05, 0.1) is 18.3 Å². The Bertz CT molecular complexity index is 673. The second-order valence-corrected chi connectivity index (χ2v) is 5.67. The molecule has 0 aliphatic heterocycles. The molecule has 0 bridgehead atoms. The van der Waals surface area contributed by atoms with Gasteiger partial charge in [0.1, 0.15) is 0 Å². The van der Waals surface area contributed by atoms with E-state index in [2.05, 4.69) is 5.32 Å². The van der Waals surface area contributed by atoms with Gasteiger partial charge in [-0.2, -0.15) is 13.2 Å². The summed E-state index contributed by atoms with van der Waals surface area (Å²) in [4.78, 5) is 0. The quantitative estimate of drug-likeness (QED) is 0.754. The van der Waals surface area contributed by atoms with E-state index in [1.807, 2.05) is 25.1 Å². The molecular weight excluding hydrogens is 319 g/mol. The summed E-state index contributed by atoms with van der Waals surface area (Å²) in [5.41, 5.74) is 1.15. The molecule has 0 radical (unpaired) electrons. The summed E-state index contributed by atoms with van der Waals surface area (Å²) in [5, 5.41) is 22.4. The Morgan fingerprint density at radius 3 is 2.38 bits per heavy atom. The molecule has 3 nitrogen and oxygen atoms in total. The van der Waals surface area contributed by atoms with Crippen molar-refractivity contribution in [3.05, 3.63) is 70.8 Å². The van der Waals surface area contributed by atoms with Gasteiger partial charge in [-0.05, 0) is 35.7 Å². The van der Waals surface area contributed by atoms with Gasteiger partial charge in [0.15, 0.2) is 0 Å². The van der Waals surface area contributed by atoms with Gasteiger partial charge in [0.25, 0.3) is 0 Å². The van der Waals surface area contributed by atoms with Crippen LogP contribution in [0.2, 0.25) is 0 Å². The molecule has 0 aliphatic carbocycles. The predicted octanol–water partition coefficient (Wildman–Crippen LogP) is 3.58. The number of benzene rings is 2. The van der Waals surface area contributed by atoms with Crippen molar-refractivity contribution in [3.8, 4) is 0 Å².